The summed E-state index contributed by atoms with van der Waals surface area (Å²) in [5, 5.41) is 22.7. The zero-order valence-electron chi connectivity index (χ0n) is 15.3. The molecule has 0 bridgehead atoms. The quantitative estimate of drug-likeness (QED) is 0.330. The van der Waals surface area contributed by atoms with Crippen LogP contribution in [0.15, 0.2) is 0 Å². The number of nitrogens with zero attached hydrogens (tertiary/aromatic N) is 1. The molecule has 1 aliphatic heterocycles. The second-order valence-corrected chi connectivity index (χ2v) is 6.77. The summed E-state index contributed by atoms with van der Waals surface area (Å²) in [6.45, 7) is 4.66. The van der Waals surface area contributed by atoms with Gasteiger partial charge < -0.3 is 31.5 Å². The number of aliphatic hydroxyl groups excluding tert-OH is 1. The third kappa shape index (κ3) is 5.40. The van der Waals surface area contributed by atoms with E-state index in [1.807, 2.05) is 0 Å². The zero-order valence-corrected chi connectivity index (χ0v) is 15.3. The van der Waals surface area contributed by atoms with E-state index in [9.17, 15) is 19.2 Å². The Morgan fingerprint density at radius 1 is 1.19 bits per heavy atom. The van der Waals surface area contributed by atoms with Crippen LogP contribution in [0.2, 0.25) is 0 Å². The van der Waals surface area contributed by atoms with Gasteiger partial charge in [-0.2, -0.15) is 0 Å². The number of aliphatic carboxylic acids is 1. The number of carbonyl (C=O) groups excluding carboxylic acids is 3. The van der Waals surface area contributed by atoms with Crippen LogP contribution in [0.3, 0.4) is 0 Å². The van der Waals surface area contributed by atoms with Crippen molar-refractivity contribution >= 4 is 23.7 Å². The van der Waals surface area contributed by atoms with Crippen molar-refractivity contribution in [3.8, 4) is 0 Å². The molecule has 0 aromatic heterocycles. The zero-order chi connectivity index (χ0) is 20.0. The number of nitrogens with one attached hydrogen (secondary N) is 2. The van der Waals surface area contributed by atoms with Gasteiger partial charge in [0.15, 0.2) is 0 Å². The molecule has 0 aliphatic carbocycles. The normalized spacial score (nSPS) is 20.4. The highest BCUT2D eigenvalue weighted by Crippen LogP contribution is 2.19. The number of likely N-dealkylation sites (tertiary alicyclic amines) is 1. The fourth-order valence-corrected chi connectivity index (χ4v) is 2.68. The fraction of sp³-hybridized carbons (Fsp3) is 0.750. The standard InChI is InChI=1S/C16H28N4O6/c1-8(2)12(17)14(23)18-9(3)15(24)20-6-4-5-11(20)13(22)19-10(7-21)16(25)26/h8-12,21H,4-7,17H2,1-3H3,(H,18,23)(H,19,22)(H,25,26). The summed E-state index contributed by atoms with van der Waals surface area (Å²) >= 11 is 0. The van der Waals surface area contributed by atoms with Gasteiger partial charge in [-0.3, -0.25) is 14.4 Å². The van der Waals surface area contributed by atoms with E-state index in [1.165, 1.54) is 11.8 Å². The number of hydrogen-bond donors (Lipinski definition) is 5. The average molecular weight is 372 g/mol. The maximum atomic E-state index is 12.6. The molecule has 0 aromatic rings. The summed E-state index contributed by atoms with van der Waals surface area (Å²) in [5.41, 5.74) is 5.76. The highest BCUT2D eigenvalue weighted by molar-refractivity contribution is 5.94. The molecule has 4 unspecified atom stereocenters. The van der Waals surface area contributed by atoms with Crippen molar-refractivity contribution in [3.63, 3.8) is 0 Å². The summed E-state index contributed by atoms with van der Waals surface area (Å²) in [6.07, 6.45) is 0.953. The molecule has 148 valence electrons. The maximum absolute atomic E-state index is 12.6. The minimum Gasteiger partial charge on any atom is -0.480 e. The lowest BCUT2D eigenvalue weighted by Gasteiger charge is -2.28. The van der Waals surface area contributed by atoms with Crippen LogP contribution in [0.5, 0.6) is 0 Å². The van der Waals surface area contributed by atoms with Crippen molar-refractivity contribution in [2.24, 2.45) is 11.7 Å². The van der Waals surface area contributed by atoms with Crippen molar-refractivity contribution in [1.82, 2.24) is 15.5 Å². The van der Waals surface area contributed by atoms with Crippen LogP contribution >= 0.6 is 0 Å². The monoisotopic (exact) mass is 372 g/mol. The predicted molar refractivity (Wildman–Crippen MR) is 91.8 cm³/mol. The van der Waals surface area contributed by atoms with E-state index in [0.717, 1.165) is 0 Å². The molecule has 4 atom stereocenters. The van der Waals surface area contributed by atoms with Crippen molar-refractivity contribution in [3.05, 3.63) is 0 Å². The topological polar surface area (TPSA) is 162 Å². The third-order valence-corrected chi connectivity index (χ3v) is 4.39. The lowest BCUT2D eigenvalue weighted by Crippen LogP contribution is -2.56. The molecule has 10 nitrogen and oxygen atoms in total. The molecule has 26 heavy (non-hydrogen) atoms. The van der Waals surface area contributed by atoms with Crippen LogP contribution in [0.4, 0.5) is 0 Å². The Morgan fingerprint density at radius 2 is 1.81 bits per heavy atom. The fourth-order valence-electron chi connectivity index (χ4n) is 2.68. The second-order valence-electron chi connectivity index (χ2n) is 6.77. The van der Waals surface area contributed by atoms with E-state index in [1.54, 1.807) is 13.8 Å². The molecule has 6 N–H and O–H groups in total. The number of aliphatic hydroxyl groups is 1. The minimum atomic E-state index is -1.43. The summed E-state index contributed by atoms with van der Waals surface area (Å²) < 4.78 is 0. The van der Waals surface area contributed by atoms with Crippen LogP contribution in [0.25, 0.3) is 0 Å². The Labute approximate surface area is 152 Å². The number of nitrogens with two attached hydrogens (primary N) is 1. The van der Waals surface area contributed by atoms with Crippen LogP contribution in [0.1, 0.15) is 33.6 Å². The summed E-state index contributed by atoms with van der Waals surface area (Å²) in [4.78, 5) is 49.1. The van der Waals surface area contributed by atoms with Gasteiger partial charge in [-0.15, -0.1) is 0 Å². The highest BCUT2D eigenvalue weighted by Gasteiger charge is 2.37. The Morgan fingerprint density at radius 3 is 2.31 bits per heavy atom. The number of carbonyl (C=O) groups is 4. The first kappa shape index (κ1) is 21.8. The Bertz CT molecular complexity index is 553. The first-order valence-corrected chi connectivity index (χ1v) is 8.60. The molecule has 1 heterocycles. The van der Waals surface area contributed by atoms with Gasteiger partial charge in [-0.05, 0) is 25.7 Å². The van der Waals surface area contributed by atoms with Gasteiger partial charge in [-0.1, -0.05) is 13.8 Å². The predicted octanol–water partition coefficient (Wildman–Crippen LogP) is -1.97. The van der Waals surface area contributed by atoms with E-state index in [-0.39, 0.29) is 5.92 Å². The van der Waals surface area contributed by atoms with Gasteiger partial charge in [0.25, 0.3) is 0 Å². The molecule has 1 saturated heterocycles. The van der Waals surface area contributed by atoms with Crippen LogP contribution in [-0.4, -0.2) is 76.1 Å². The van der Waals surface area contributed by atoms with E-state index in [4.69, 9.17) is 15.9 Å². The van der Waals surface area contributed by atoms with Gasteiger partial charge in [-0.25, -0.2) is 4.79 Å². The second kappa shape index (κ2) is 9.48. The summed E-state index contributed by atoms with van der Waals surface area (Å²) in [7, 11) is 0. The number of amides is 3. The van der Waals surface area contributed by atoms with Crippen molar-refractivity contribution in [1.29, 1.82) is 0 Å². The lowest BCUT2D eigenvalue weighted by molar-refractivity contribution is -0.145. The van der Waals surface area contributed by atoms with E-state index in [0.29, 0.717) is 19.4 Å². The average Bonchev–Trinajstić information content (AvgIpc) is 3.06. The maximum Gasteiger partial charge on any atom is 0.328 e. The molecular formula is C16H28N4O6. The van der Waals surface area contributed by atoms with Crippen molar-refractivity contribution in [2.75, 3.05) is 13.2 Å². The molecule has 3 amide bonds. The molecule has 0 spiro atoms. The molecule has 1 aliphatic rings. The van der Waals surface area contributed by atoms with Gasteiger partial charge in [0.2, 0.25) is 17.7 Å². The molecule has 1 fully saturated rings. The first-order valence-electron chi connectivity index (χ1n) is 8.60. The number of carboxylic acids is 1. The first-order chi connectivity index (χ1) is 12.1. The van der Waals surface area contributed by atoms with Crippen molar-refractivity contribution in [2.45, 2.75) is 57.8 Å². The molecule has 0 radical (unpaired) electrons. The Hall–Kier alpha value is -2.20. The lowest BCUT2D eigenvalue weighted by atomic mass is 10.0. The minimum absolute atomic E-state index is 0.0888. The van der Waals surface area contributed by atoms with Gasteiger partial charge >= 0.3 is 5.97 Å². The molecular weight excluding hydrogens is 344 g/mol. The largest absolute Gasteiger partial charge is 0.480 e. The Balaban J connectivity index is 2.73. The molecule has 0 saturated carbocycles. The van der Waals surface area contributed by atoms with Crippen molar-refractivity contribution < 1.29 is 29.4 Å². The Kier molecular flexibility index (Phi) is 7.97. The van der Waals surface area contributed by atoms with E-state index >= 15 is 0 Å². The number of hydrogen-bond acceptors (Lipinski definition) is 6. The van der Waals surface area contributed by atoms with Crippen LogP contribution in [0, 0.1) is 5.92 Å². The number of rotatable bonds is 8. The molecule has 0 aromatic carbocycles. The van der Waals surface area contributed by atoms with Crippen LogP contribution < -0.4 is 16.4 Å². The SMILES string of the molecule is CC(NC(=O)C(N)C(C)C)C(=O)N1CCCC1C(=O)NC(CO)C(=O)O. The van der Waals surface area contributed by atoms with Crippen LogP contribution in [-0.2, 0) is 19.2 Å². The van der Waals surface area contributed by atoms with E-state index in [2.05, 4.69) is 10.6 Å². The van der Waals surface area contributed by atoms with E-state index < -0.39 is 54.5 Å². The molecule has 10 heteroatoms. The van der Waals surface area contributed by atoms with Gasteiger partial charge in [0.1, 0.15) is 18.1 Å². The smallest absolute Gasteiger partial charge is 0.328 e. The summed E-state index contributed by atoms with van der Waals surface area (Å²) in [5.74, 6) is -2.99. The third-order valence-electron chi connectivity index (χ3n) is 4.39. The van der Waals surface area contributed by atoms with Gasteiger partial charge in [0.05, 0.1) is 12.6 Å². The highest BCUT2D eigenvalue weighted by atomic mass is 16.4. The molecule has 1 rings (SSSR count). The van der Waals surface area contributed by atoms with Gasteiger partial charge in [0, 0.05) is 6.54 Å². The summed E-state index contributed by atoms with van der Waals surface area (Å²) in [6, 6.07) is -3.88. The number of carboxylic acid groups (broad SMARTS) is 1.